The lowest BCUT2D eigenvalue weighted by Gasteiger charge is -2.07. The molecule has 28 nitrogen and oxygen atoms in total. The van der Waals surface area contributed by atoms with Crippen molar-refractivity contribution in [1.29, 1.82) is 37.9 Å². The minimum Gasteiger partial charge on any atom is -0.508 e. The van der Waals surface area contributed by atoms with Gasteiger partial charge in [0.15, 0.2) is 0 Å². The van der Waals surface area contributed by atoms with Gasteiger partial charge < -0.3 is 74.0 Å². The molecule has 6 rings (SSSR count). The number of aliphatic imine (C=N–C) groups is 7. The molecule has 0 unspecified atom stereocenters. The number of para-hydroxylation sites is 1. The van der Waals surface area contributed by atoms with Crippen molar-refractivity contribution in [3.63, 3.8) is 0 Å². The highest BCUT2D eigenvalue weighted by Gasteiger charge is 2.06. The van der Waals surface area contributed by atoms with Crippen molar-refractivity contribution in [3.8, 4) is 40.2 Å². The first-order valence-electron chi connectivity index (χ1n) is 32.4. The van der Waals surface area contributed by atoms with E-state index < -0.39 is 0 Å². The van der Waals surface area contributed by atoms with Crippen LogP contribution in [0.15, 0.2) is 180 Å². The first kappa shape index (κ1) is 91.4. The van der Waals surface area contributed by atoms with E-state index in [-0.39, 0.29) is 98.2 Å². The number of amidine groups is 7. The van der Waals surface area contributed by atoms with Crippen molar-refractivity contribution in [2.24, 2.45) is 75.1 Å². The molecular weight excluding hydrogens is 1320 g/mol. The number of phenols is 2. The van der Waals surface area contributed by atoms with E-state index in [9.17, 15) is 10.2 Å². The minimum absolute atomic E-state index is 0.000418. The third-order valence-corrected chi connectivity index (χ3v) is 12.8. The summed E-state index contributed by atoms with van der Waals surface area (Å²) in [4.78, 5) is 27.9. The summed E-state index contributed by atoms with van der Waals surface area (Å²) < 4.78 is 25.7. The molecule has 0 spiro atoms. The van der Waals surface area contributed by atoms with E-state index in [1.165, 1.54) is 18.3 Å². The summed E-state index contributed by atoms with van der Waals surface area (Å²) in [5.74, 6) is 4.67. The molecule has 0 fully saturated rings. The van der Waals surface area contributed by atoms with E-state index in [2.05, 4.69) is 61.8 Å². The lowest BCUT2D eigenvalue weighted by atomic mass is 10.1. The molecular formula is C76H107N21O7. The molecule has 6 aromatic carbocycles. The number of nitrogens with zero attached hydrogens (tertiary/aromatic N) is 7. The van der Waals surface area contributed by atoms with Gasteiger partial charge in [0.1, 0.15) is 81.1 Å². The standard InChI is InChI=1S/C12H21N3.C11H15N3O2.3C11H15N3O.2C10H13N3O/c1-10(2)5-4-6-11(3)7-8-15-9-12(13)14;1-7-9(15)3-8(4-10(7)16-2)5-14-6-11(12)13;1-8-3-4-9(5-10(8)15-2)6-14-7-11(12)13;1-2-15-10-5-3-9(4-6-10)7-14-8-11(12)13;1-2-9-4-3-8(5-10(9)15)6-14-7-11(12)13;1-14-9-4-2-8(3-5-9)6-13-7-10(11)12;1-14-9-5-3-2-4-8(9)6-13-7-10(11)12/h5,7-8H,4,6,9H2,1-3H3,(H3,13,14);3-5,15H,6H2,1-2H3,(H3,12,13);3-6H,7H2,1-2H3,(H3,12,13);3-7H,2,8H2,1H3,(H3,12,13);3-6,15H,2,7H2,1H3,(H3,12,13);2*2-6H,7H2,1H3,(H3,11,12)/b11-7+,15-8?;;;;;;. The van der Waals surface area contributed by atoms with Crippen LogP contribution in [-0.4, -0.2) is 175 Å². The van der Waals surface area contributed by atoms with E-state index in [4.69, 9.17) is 102 Å². The Morgan fingerprint density at radius 1 is 0.423 bits per heavy atom. The Balaban J connectivity index is 0.00000119. The minimum atomic E-state index is -0.000418. The number of aryl methyl sites for hydroxylation is 2. The topological polar surface area (TPSA) is 522 Å². The van der Waals surface area contributed by atoms with E-state index >= 15 is 0 Å². The zero-order valence-corrected chi connectivity index (χ0v) is 61.6. The number of aromatic hydroxyl groups is 2. The van der Waals surface area contributed by atoms with Crippen molar-refractivity contribution in [3.05, 3.63) is 195 Å². The van der Waals surface area contributed by atoms with Gasteiger partial charge in [-0.1, -0.05) is 60.5 Å². The van der Waals surface area contributed by atoms with E-state index in [0.29, 0.717) is 23.5 Å². The van der Waals surface area contributed by atoms with Crippen LogP contribution in [0.3, 0.4) is 0 Å². The average molecular weight is 1430 g/mol. The van der Waals surface area contributed by atoms with E-state index in [0.717, 1.165) is 81.2 Å². The zero-order valence-electron chi connectivity index (χ0n) is 61.6. The lowest BCUT2D eigenvalue weighted by molar-refractivity contribution is 0.340. The quantitative estimate of drug-likeness (QED) is 0.0109. The SMILES string of the molecule is CC(C)=CCC/C(C)=C/C=NCC(=N)N.CCOc1ccc(C=NCC(=N)N)cc1.CCc1ccc(C=NCC(=N)N)cc1O.COc1cc(C=NCC(=N)N)cc(O)c1C.COc1cc(C=NCC(=N)N)ccc1C.COc1ccc(C=NCC(=N)N)cc1.COc1ccccc1C=NCC(=N)N. The van der Waals surface area contributed by atoms with Gasteiger partial charge in [-0.15, -0.1) is 0 Å². The number of hydrogen-bond acceptors (Lipinski definition) is 21. The Kier molecular flexibility index (Phi) is 48.5. The first-order chi connectivity index (χ1) is 49.5. The Morgan fingerprint density at radius 3 is 1.25 bits per heavy atom. The van der Waals surface area contributed by atoms with Crippen molar-refractivity contribution < 1.29 is 33.9 Å². The fourth-order valence-corrected chi connectivity index (χ4v) is 7.63. The Morgan fingerprint density at radius 2 is 0.817 bits per heavy atom. The second-order valence-corrected chi connectivity index (χ2v) is 22.2. The maximum Gasteiger partial charge on any atom is 0.127 e. The van der Waals surface area contributed by atoms with Gasteiger partial charge in [0.05, 0.1) is 80.9 Å². The Labute approximate surface area is 612 Å². The molecule has 0 aliphatic rings. The highest BCUT2D eigenvalue weighted by molar-refractivity contribution is 5.89. The molecule has 0 atom stereocenters. The Hall–Kier alpha value is -12.6. The van der Waals surface area contributed by atoms with Crippen molar-refractivity contribution in [2.75, 3.05) is 80.9 Å². The van der Waals surface area contributed by atoms with Crippen molar-refractivity contribution >= 4 is 84.4 Å². The van der Waals surface area contributed by atoms with Crippen LogP contribution in [0, 0.1) is 51.7 Å². The second kappa shape index (κ2) is 55.2. The third kappa shape index (κ3) is 46.6. The van der Waals surface area contributed by atoms with Crippen LogP contribution < -0.4 is 63.8 Å². The molecule has 0 amide bonds. The number of phenolic OH excluding ortho intramolecular Hbond substituents is 2. The van der Waals surface area contributed by atoms with Gasteiger partial charge >= 0.3 is 0 Å². The molecule has 104 heavy (non-hydrogen) atoms. The number of allylic oxidation sites excluding steroid dienone is 4. The van der Waals surface area contributed by atoms with Gasteiger partial charge in [-0.25, -0.2) is 0 Å². The largest absolute Gasteiger partial charge is 0.508 e. The lowest BCUT2D eigenvalue weighted by Crippen LogP contribution is -2.13. The van der Waals surface area contributed by atoms with Gasteiger partial charge in [-0.3, -0.25) is 72.8 Å². The number of nitrogens with one attached hydrogen (secondary N) is 7. The van der Waals surface area contributed by atoms with Crippen LogP contribution in [0.1, 0.15) is 97.5 Å². The predicted molar refractivity (Wildman–Crippen MR) is 432 cm³/mol. The zero-order chi connectivity index (χ0) is 78.2. The monoisotopic (exact) mass is 1430 g/mol. The summed E-state index contributed by atoms with van der Waals surface area (Å²) in [5, 5.41) is 68.1. The third-order valence-electron chi connectivity index (χ3n) is 12.8. The molecule has 0 heterocycles. The first-order valence-corrected chi connectivity index (χ1v) is 32.4. The molecule has 0 saturated heterocycles. The van der Waals surface area contributed by atoms with Crippen LogP contribution in [0.5, 0.6) is 40.2 Å². The number of nitrogens with two attached hydrogens (primary N) is 7. The normalized spacial score (nSPS) is 10.7. The molecule has 23 N–H and O–H groups in total. The number of rotatable bonds is 31. The summed E-state index contributed by atoms with van der Waals surface area (Å²) in [6.07, 6.45) is 18.7. The summed E-state index contributed by atoms with van der Waals surface area (Å²) in [7, 11) is 6.41. The molecule has 0 aliphatic heterocycles. The maximum absolute atomic E-state index is 9.61. The van der Waals surface area contributed by atoms with E-state index in [1.54, 1.807) is 90.0 Å². The summed E-state index contributed by atoms with van der Waals surface area (Å²) in [6, 6.07) is 37.2. The fraction of sp³-hybridized carbons (Fsp3) is 0.289. The summed E-state index contributed by atoms with van der Waals surface area (Å²) in [5.41, 5.74) is 46.8. The van der Waals surface area contributed by atoms with E-state index in [1.807, 2.05) is 130 Å². The van der Waals surface area contributed by atoms with Gasteiger partial charge in [0.25, 0.3) is 0 Å². The Bertz CT molecular complexity index is 3910. The van der Waals surface area contributed by atoms with Gasteiger partial charge in [0, 0.05) is 54.6 Å². The van der Waals surface area contributed by atoms with Crippen LogP contribution in [-0.2, 0) is 6.42 Å². The van der Waals surface area contributed by atoms with Gasteiger partial charge in [-0.2, -0.15) is 0 Å². The van der Waals surface area contributed by atoms with Gasteiger partial charge in [0.2, 0.25) is 0 Å². The molecule has 6 aromatic rings. The van der Waals surface area contributed by atoms with Crippen LogP contribution in [0.25, 0.3) is 0 Å². The fourth-order valence-electron chi connectivity index (χ4n) is 7.63. The smallest absolute Gasteiger partial charge is 0.127 e. The molecule has 28 heteroatoms. The molecule has 0 saturated carbocycles. The molecule has 0 radical (unpaired) electrons. The number of benzene rings is 6. The molecule has 0 aliphatic carbocycles. The highest BCUT2D eigenvalue weighted by Crippen LogP contribution is 2.28. The maximum atomic E-state index is 9.61. The number of hydrogen-bond donors (Lipinski definition) is 16. The number of methoxy groups -OCH3 is 4. The molecule has 0 aromatic heterocycles. The van der Waals surface area contributed by atoms with Crippen LogP contribution >= 0.6 is 0 Å². The predicted octanol–water partition coefficient (Wildman–Crippen LogP) is 9.96. The van der Waals surface area contributed by atoms with Crippen molar-refractivity contribution in [1.82, 2.24) is 0 Å². The van der Waals surface area contributed by atoms with Crippen LogP contribution in [0.4, 0.5) is 0 Å². The summed E-state index contributed by atoms with van der Waals surface area (Å²) in [6.45, 7) is 16.2. The average Bonchev–Trinajstić information content (AvgIpc) is 0.850. The van der Waals surface area contributed by atoms with Crippen LogP contribution in [0.2, 0.25) is 0 Å². The number of ether oxygens (including phenoxy) is 5. The van der Waals surface area contributed by atoms with Gasteiger partial charge in [-0.05, 0) is 191 Å². The second-order valence-electron chi connectivity index (χ2n) is 22.2. The molecule has 558 valence electrons. The highest BCUT2D eigenvalue weighted by atomic mass is 16.5. The molecule has 0 bridgehead atoms. The van der Waals surface area contributed by atoms with Crippen molar-refractivity contribution in [2.45, 2.75) is 67.7 Å². The summed E-state index contributed by atoms with van der Waals surface area (Å²) >= 11 is 0.